The van der Waals surface area contributed by atoms with E-state index in [0.29, 0.717) is 32.3 Å². The van der Waals surface area contributed by atoms with Crippen LogP contribution in [-0.4, -0.2) is 55.5 Å². The van der Waals surface area contributed by atoms with Crippen molar-refractivity contribution in [2.24, 2.45) is 0 Å². The SMILES string of the molecule is COCCN(CCOC)c1ncc(-c2ccsc2)c(-c2nc(C)c(C)s2)n1. The van der Waals surface area contributed by atoms with Gasteiger partial charge in [0.05, 0.1) is 18.9 Å². The van der Waals surface area contributed by atoms with Crippen LogP contribution in [0.2, 0.25) is 0 Å². The molecule has 0 N–H and O–H groups in total. The molecule has 3 aromatic heterocycles. The zero-order valence-corrected chi connectivity index (χ0v) is 17.7. The number of methoxy groups -OCH3 is 2. The molecule has 0 radical (unpaired) electrons. The van der Waals surface area contributed by atoms with E-state index in [0.717, 1.165) is 27.5 Å². The molecule has 0 saturated carbocycles. The molecule has 3 rings (SSSR count). The summed E-state index contributed by atoms with van der Waals surface area (Å²) in [5.74, 6) is 0.670. The van der Waals surface area contributed by atoms with E-state index < -0.39 is 0 Å². The van der Waals surface area contributed by atoms with Gasteiger partial charge in [-0.25, -0.2) is 15.0 Å². The van der Waals surface area contributed by atoms with Crippen LogP contribution in [0.15, 0.2) is 23.0 Å². The maximum Gasteiger partial charge on any atom is 0.226 e. The normalized spacial score (nSPS) is 11.1. The summed E-state index contributed by atoms with van der Waals surface area (Å²) >= 11 is 3.33. The molecule has 6 nitrogen and oxygen atoms in total. The van der Waals surface area contributed by atoms with E-state index in [2.05, 4.69) is 33.6 Å². The Morgan fingerprint density at radius 2 is 1.81 bits per heavy atom. The van der Waals surface area contributed by atoms with Gasteiger partial charge in [-0.3, -0.25) is 0 Å². The number of nitrogens with zero attached hydrogens (tertiary/aromatic N) is 4. The van der Waals surface area contributed by atoms with Crippen molar-refractivity contribution in [3.05, 3.63) is 33.6 Å². The highest BCUT2D eigenvalue weighted by Crippen LogP contribution is 2.35. The maximum absolute atomic E-state index is 5.24. The van der Waals surface area contributed by atoms with E-state index in [9.17, 15) is 0 Å². The van der Waals surface area contributed by atoms with Crippen LogP contribution < -0.4 is 4.90 Å². The highest BCUT2D eigenvalue weighted by atomic mass is 32.1. The van der Waals surface area contributed by atoms with Gasteiger partial charge >= 0.3 is 0 Å². The summed E-state index contributed by atoms with van der Waals surface area (Å²) in [7, 11) is 3.39. The second-order valence-electron chi connectivity index (χ2n) is 6.08. The van der Waals surface area contributed by atoms with Crippen molar-refractivity contribution < 1.29 is 9.47 Å². The molecule has 8 heteroatoms. The Morgan fingerprint density at radius 3 is 2.37 bits per heavy atom. The average molecular weight is 405 g/mol. The third-order valence-corrected chi connectivity index (χ3v) is 6.02. The predicted octanol–water partition coefficient (Wildman–Crippen LogP) is 4.04. The van der Waals surface area contributed by atoms with Gasteiger partial charge in [0.25, 0.3) is 0 Å². The van der Waals surface area contributed by atoms with Gasteiger partial charge in [-0.15, -0.1) is 11.3 Å². The van der Waals surface area contributed by atoms with Crippen LogP contribution in [0, 0.1) is 13.8 Å². The molecule has 144 valence electrons. The van der Waals surface area contributed by atoms with Gasteiger partial charge in [0, 0.05) is 43.9 Å². The number of anilines is 1. The number of thiazole rings is 1. The molecule has 3 aromatic rings. The fraction of sp³-hybridized carbons (Fsp3) is 0.421. The Morgan fingerprint density at radius 1 is 1.07 bits per heavy atom. The lowest BCUT2D eigenvalue weighted by atomic mass is 10.1. The van der Waals surface area contributed by atoms with Crippen LogP contribution in [0.3, 0.4) is 0 Å². The first-order chi connectivity index (χ1) is 13.1. The monoisotopic (exact) mass is 404 g/mol. The lowest BCUT2D eigenvalue weighted by molar-refractivity contribution is 0.189. The molecule has 0 saturated heterocycles. The summed E-state index contributed by atoms with van der Waals surface area (Å²) in [5, 5.41) is 5.10. The molecule has 0 spiro atoms. The highest BCUT2D eigenvalue weighted by molar-refractivity contribution is 7.15. The van der Waals surface area contributed by atoms with Gasteiger partial charge in [0.1, 0.15) is 10.7 Å². The molecule has 0 aliphatic rings. The Kier molecular flexibility index (Phi) is 6.89. The van der Waals surface area contributed by atoms with Gasteiger partial charge in [-0.2, -0.15) is 11.3 Å². The summed E-state index contributed by atoms with van der Waals surface area (Å²) in [5.41, 5.74) is 4.04. The van der Waals surface area contributed by atoms with Crippen LogP contribution in [0.1, 0.15) is 10.6 Å². The van der Waals surface area contributed by atoms with Crippen molar-refractivity contribution in [1.29, 1.82) is 0 Å². The Balaban J connectivity index is 2.05. The van der Waals surface area contributed by atoms with Crippen LogP contribution in [0.4, 0.5) is 5.95 Å². The number of rotatable bonds is 9. The van der Waals surface area contributed by atoms with Crippen molar-refractivity contribution in [3.8, 4) is 21.8 Å². The molecular weight excluding hydrogens is 380 g/mol. The summed E-state index contributed by atoms with van der Waals surface area (Å²) in [6.45, 7) is 6.73. The lowest BCUT2D eigenvalue weighted by Gasteiger charge is -2.22. The minimum absolute atomic E-state index is 0.601. The summed E-state index contributed by atoms with van der Waals surface area (Å²) in [6, 6.07) is 2.09. The van der Waals surface area contributed by atoms with Gasteiger partial charge in [0.2, 0.25) is 5.95 Å². The van der Waals surface area contributed by atoms with Gasteiger partial charge in [-0.1, -0.05) is 0 Å². The molecule has 0 amide bonds. The molecule has 0 fully saturated rings. The molecule has 27 heavy (non-hydrogen) atoms. The lowest BCUT2D eigenvalue weighted by Crippen LogP contribution is -2.32. The number of aryl methyl sites for hydroxylation is 2. The highest BCUT2D eigenvalue weighted by Gasteiger charge is 2.18. The molecule has 0 aliphatic carbocycles. The van der Waals surface area contributed by atoms with Crippen molar-refractivity contribution in [3.63, 3.8) is 0 Å². The summed E-state index contributed by atoms with van der Waals surface area (Å²) in [6.07, 6.45) is 1.90. The average Bonchev–Trinajstić information content (AvgIpc) is 3.32. The minimum Gasteiger partial charge on any atom is -0.383 e. The first-order valence-electron chi connectivity index (χ1n) is 8.71. The number of hydrogen-bond acceptors (Lipinski definition) is 8. The van der Waals surface area contributed by atoms with E-state index in [1.807, 2.05) is 13.1 Å². The van der Waals surface area contributed by atoms with Crippen LogP contribution in [0.5, 0.6) is 0 Å². The molecule has 0 atom stereocenters. The summed E-state index contributed by atoms with van der Waals surface area (Å²) < 4.78 is 10.5. The van der Waals surface area contributed by atoms with Gasteiger partial charge in [-0.05, 0) is 36.2 Å². The van der Waals surface area contributed by atoms with Crippen LogP contribution >= 0.6 is 22.7 Å². The zero-order chi connectivity index (χ0) is 19.2. The third kappa shape index (κ3) is 4.70. The van der Waals surface area contributed by atoms with Crippen molar-refractivity contribution in [2.75, 3.05) is 45.4 Å². The first kappa shape index (κ1) is 19.9. The molecule has 3 heterocycles. The standard InChI is InChI=1S/C19H24N4O2S2/c1-13-14(2)27-18(21-13)17-16(15-5-10-26-12-15)11-20-19(22-17)23(6-8-24-3)7-9-25-4/h5,10-12H,6-9H2,1-4H3. The first-order valence-corrected chi connectivity index (χ1v) is 10.5. The molecule has 0 unspecified atom stereocenters. The molecule has 0 aromatic carbocycles. The van der Waals surface area contributed by atoms with Crippen LogP contribution in [-0.2, 0) is 9.47 Å². The zero-order valence-electron chi connectivity index (χ0n) is 16.1. The topological polar surface area (TPSA) is 60.4 Å². The van der Waals surface area contributed by atoms with Crippen molar-refractivity contribution in [1.82, 2.24) is 15.0 Å². The fourth-order valence-corrected chi connectivity index (χ4v) is 4.18. The third-order valence-electron chi connectivity index (χ3n) is 4.25. The van der Waals surface area contributed by atoms with E-state index in [1.165, 1.54) is 4.88 Å². The maximum atomic E-state index is 5.24. The molecular formula is C19H24N4O2S2. The minimum atomic E-state index is 0.601. The smallest absolute Gasteiger partial charge is 0.226 e. The Labute approximate surface area is 167 Å². The van der Waals surface area contributed by atoms with Gasteiger partial charge in [0.15, 0.2) is 0 Å². The van der Waals surface area contributed by atoms with E-state index in [-0.39, 0.29) is 0 Å². The number of aromatic nitrogens is 3. The summed E-state index contributed by atoms with van der Waals surface area (Å²) in [4.78, 5) is 17.6. The number of thiophene rings is 1. The Hall–Kier alpha value is -1.87. The van der Waals surface area contributed by atoms with Crippen LogP contribution in [0.25, 0.3) is 21.8 Å². The van der Waals surface area contributed by atoms with E-state index in [4.69, 9.17) is 19.4 Å². The van der Waals surface area contributed by atoms with Crippen molar-refractivity contribution in [2.45, 2.75) is 13.8 Å². The molecule has 0 aliphatic heterocycles. The predicted molar refractivity (Wildman–Crippen MR) is 112 cm³/mol. The number of hydrogen-bond donors (Lipinski definition) is 0. The van der Waals surface area contributed by atoms with Crippen molar-refractivity contribution >= 4 is 28.6 Å². The van der Waals surface area contributed by atoms with E-state index >= 15 is 0 Å². The Bertz CT molecular complexity index is 837. The fourth-order valence-electron chi connectivity index (χ4n) is 2.61. The second-order valence-corrected chi connectivity index (χ2v) is 8.06. The van der Waals surface area contributed by atoms with Gasteiger partial charge < -0.3 is 14.4 Å². The largest absolute Gasteiger partial charge is 0.383 e. The number of ether oxygens (including phenoxy) is 2. The quantitative estimate of drug-likeness (QED) is 0.536. The van der Waals surface area contributed by atoms with E-state index in [1.54, 1.807) is 36.9 Å². The molecule has 0 bridgehead atoms. The second kappa shape index (κ2) is 9.36.